The molecule has 0 amide bonds. The molecule has 2 heterocycles. The van der Waals surface area contributed by atoms with Crippen molar-refractivity contribution in [1.82, 2.24) is 14.5 Å². The molecule has 1 atom stereocenters. The average Bonchev–Trinajstić information content (AvgIpc) is 2.77. The molecule has 0 saturated carbocycles. The molecule has 0 N–H and O–H groups in total. The van der Waals surface area contributed by atoms with Crippen molar-refractivity contribution in [2.45, 2.75) is 12.3 Å². The summed E-state index contributed by atoms with van der Waals surface area (Å²) >= 11 is 15.5. The largest absolute Gasteiger partial charge is 0.278 e. The molecule has 0 aliphatic carbocycles. The molecule has 3 nitrogen and oxygen atoms in total. The highest BCUT2D eigenvalue weighted by Gasteiger charge is 2.19. The third-order valence-electron chi connectivity index (χ3n) is 3.00. The van der Waals surface area contributed by atoms with Crippen LogP contribution in [0.4, 0.5) is 4.39 Å². The Morgan fingerprint density at radius 1 is 1.33 bits per heavy atom. The van der Waals surface area contributed by atoms with Crippen LogP contribution >= 0.6 is 39.1 Å². The summed E-state index contributed by atoms with van der Waals surface area (Å²) in [6.45, 7) is 1.82. The number of nitrogens with zero attached hydrogens (tertiary/aromatic N) is 3. The number of imidazole rings is 1. The molecule has 1 aromatic carbocycles. The van der Waals surface area contributed by atoms with E-state index >= 15 is 0 Å². The van der Waals surface area contributed by atoms with E-state index in [9.17, 15) is 4.39 Å². The molecule has 0 bridgehead atoms. The summed E-state index contributed by atoms with van der Waals surface area (Å²) in [6, 6.07) is 6.14. The molecular formula is C14H9BrCl2FN3. The van der Waals surface area contributed by atoms with Crippen molar-refractivity contribution in [1.29, 1.82) is 0 Å². The van der Waals surface area contributed by atoms with Crippen molar-refractivity contribution in [2.24, 2.45) is 0 Å². The first kappa shape index (κ1) is 14.8. The molecule has 2 aromatic heterocycles. The van der Waals surface area contributed by atoms with E-state index < -0.39 is 0 Å². The van der Waals surface area contributed by atoms with E-state index in [1.165, 1.54) is 12.1 Å². The normalized spacial score (nSPS) is 12.8. The Bertz CT molecular complexity index is 832. The molecule has 0 fully saturated rings. The zero-order valence-corrected chi connectivity index (χ0v) is 13.9. The van der Waals surface area contributed by atoms with Crippen LogP contribution in [0, 0.1) is 5.82 Å². The van der Waals surface area contributed by atoms with Gasteiger partial charge in [0.05, 0.1) is 16.1 Å². The number of aromatic nitrogens is 3. The summed E-state index contributed by atoms with van der Waals surface area (Å²) in [7, 11) is 0. The van der Waals surface area contributed by atoms with Gasteiger partial charge < -0.3 is 0 Å². The van der Waals surface area contributed by atoms with E-state index in [0.717, 1.165) is 5.69 Å². The Balaban J connectivity index is 2.36. The zero-order valence-electron chi connectivity index (χ0n) is 10.8. The molecular weight excluding hydrogens is 380 g/mol. The lowest BCUT2D eigenvalue weighted by molar-refractivity contribution is 0.626. The fourth-order valence-electron chi connectivity index (χ4n) is 2.12. The molecule has 0 aliphatic heterocycles. The SMILES string of the molecule is CC(Cl)c1nc2cc(Cl)cnc2n1-c1ccc(F)cc1Br. The van der Waals surface area contributed by atoms with Gasteiger partial charge in [0, 0.05) is 10.7 Å². The molecule has 3 rings (SSSR count). The molecule has 3 aromatic rings. The van der Waals surface area contributed by atoms with Gasteiger partial charge in [0.25, 0.3) is 0 Å². The quantitative estimate of drug-likeness (QED) is 0.559. The van der Waals surface area contributed by atoms with E-state index in [2.05, 4.69) is 25.9 Å². The van der Waals surface area contributed by atoms with Gasteiger partial charge in [-0.1, -0.05) is 11.6 Å². The van der Waals surface area contributed by atoms with Crippen LogP contribution in [-0.2, 0) is 0 Å². The van der Waals surface area contributed by atoms with Gasteiger partial charge in [0.1, 0.15) is 17.2 Å². The van der Waals surface area contributed by atoms with Gasteiger partial charge in [-0.15, -0.1) is 11.6 Å². The first-order chi connectivity index (χ1) is 9.97. The molecule has 108 valence electrons. The maximum Gasteiger partial charge on any atom is 0.164 e. The smallest absolute Gasteiger partial charge is 0.164 e. The van der Waals surface area contributed by atoms with Crippen LogP contribution in [-0.4, -0.2) is 14.5 Å². The van der Waals surface area contributed by atoms with Crippen molar-refractivity contribution in [2.75, 3.05) is 0 Å². The van der Waals surface area contributed by atoms with Crippen LogP contribution in [0.15, 0.2) is 34.9 Å². The van der Waals surface area contributed by atoms with Crippen molar-refractivity contribution >= 4 is 50.3 Å². The van der Waals surface area contributed by atoms with Crippen molar-refractivity contribution in [3.05, 3.63) is 51.6 Å². The van der Waals surface area contributed by atoms with E-state index in [-0.39, 0.29) is 11.2 Å². The van der Waals surface area contributed by atoms with E-state index in [1.807, 2.05) is 6.92 Å². The second-order valence-electron chi connectivity index (χ2n) is 4.51. The van der Waals surface area contributed by atoms with Crippen molar-refractivity contribution in [3.63, 3.8) is 0 Å². The summed E-state index contributed by atoms with van der Waals surface area (Å²) < 4.78 is 15.7. The monoisotopic (exact) mass is 387 g/mol. The summed E-state index contributed by atoms with van der Waals surface area (Å²) in [6.07, 6.45) is 1.54. The lowest BCUT2D eigenvalue weighted by atomic mass is 10.3. The lowest BCUT2D eigenvalue weighted by Gasteiger charge is -2.11. The number of fused-ring (bicyclic) bond motifs is 1. The minimum absolute atomic E-state index is 0.327. The number of pyridine rings is 1. The second kappa shape index (κ2) is 5.55. The Kier molecular flexibility index (Phi) is 3.90. The van der Waals surface area contributed by atoms with Gasteiger partial charge in [-0.05, 0) is 47.1 Å². The fourth-order valence-corrected chi connectivity index (χ4v) is 2.95. The summed E-state index contributed by atoms with van der Waals surface area (Å²) in [5, 5.41) is 0.161. The zero-order chi connectivity index (χ0) is 15.1. The Morgan fingerprint density at radius 2 is 2.10 bits per heavy atom. The summed E-state index contributed by atoms with van der Waals surface area (Å²) in [4.78, 5) is 8.80. The number of hydrogen-bond acceptors (Lipinski definition) is 2. The molecule has 7 heteroatoms. The molecule has 0 radical (unpaired) electrons. The van der Waals surface area contributed by atoms with Crippen LogP contribution in [0.2, 0.25) is 5.02 Å². The third-order valence-corrected chi connectivity index (χ3v) is 4.03. The number of hydrogen-bond donors (Lipinski definition) is 0. The number of alkyl halides is 1. The average molecular weight is 389 g/mol. The first-order valence-electron chi connectivity index (χ1n) is 6.11. The van der Waals surface area contributed by atoms with Crippen LogP contribution in [0.1, 0.15) is 18.1 Å². The maximum atomic E-state index is 13.3. The molecule has 0 aliphatic rings. The van der Waals surface area contributed by atoms with Gasteiger partial charge >= 0.3 is 0 Å². The molecule has 21 heavy (non-hydrogen) atoms. The topological polar surface area (TPSA) is 30.7 Å². The van der Waals surface area contributed by atoms with E-state index in [1.54, 1.807) is 22.9 Å². The van der Waals surface area contributed by atoms with Gasteiger partial charge in [-0.25, -0.2) is 14.4 Å². The molecule has 0 spiro atoms. The van der Waals surface area contributed by atoms with Crippen LogP contribution in [0.3, 0.4) is 0 Å². The third kappa shape index (κ3) is 2.65. The summed E-state index contributed by atoms with van der Waals surface area (Å²) in [5.41, 5.74) is 1.98. The van der Waals surface area contributed by atoms with Crippen molar-refractivity contribution in [3.8, 4) is 5.69 Å². The predicted molar refractivity (Wildman–Crippen MR) is 85.8 cm³/mol. The molecule has 0 saturated heterocycles. The maximum absolute atomic E-state index is 13.3. The van der Waals surface area contributed by atoms with E-state index in [0.29, 0.717) is 26.5 Å². The molecule has 1 unspecified atom stereocenters. The van der Waals surface area contributed by atoms with Gasteiger partial charge in [0.2, 0.25) is 0 Å². The first-order valence-corrected chi connectivity index (χ1v) is 7.71. The van der Waals surface area contributed by atoms with Crippen LogP contribution in [0.25, 0.3) is 16.9 Å². The minimum Gasteiger partial charge on any atom is -0.278 e. The van der Waals surface area contributed by atoms with E-state index in [4.69, 9.17) is 23.2 Å². The van der Waals surface area contributed by atoms with Gasteiger partial charge in [-0.3, -0.25) is 4.57 Å². The number of halogens is 4. The Labute approximate surface area is 138 Å². The Hall–Kier alpha value is -1.17. The highest BCUT2D eigenvalue weighted by molar-refractivity contribution is 9.10. The number of rotatable bonds is 2. The minimum atomic E-state index is -0.338. The summed E-state index contributed by atoms with van der Waals surface area (Å²) in [5.74, 6) is 0.292. The highest BCUT2D eigenvalue weighted by atomic mass is 79.9. The van der Waals surface area contributed by atoms with Crippen LogP contribution in [0.5, 0.6) is 0 Å². The highest BCUT2D eigenvalue weighted by Crippen LogP contribution is 2.31. The van der Waals surface area contributed by atoms with Gasteiger partial charge in [0.15, 0.2) is 5.65 Å². The predicted octanol–water partition coefficient (Wildman–Crippen LogP) is 5.28. The Morgan fingerprint density at radius 3 is 2.76 bits per heavy atom. The van der Waals surface area contributed by atoms with Crippen molar-refractivity contribution < 1.29 is 4.39 Å². The standard InChI is InChI=1S/C14H9BrCl2FN3/c1-7(16)13-20-11-4-8(17)6-19-14(11)21(13)12-3-2-9(18)5-10(12)15/h2-7H,1H3. The second-order valence-corrected chi connectivity index (χ2v) is 6.46. The fraction of sp³-hybridized carbons (Fsp3) is 0.143. The van der Waals surface area contributed by atoms with Gasteiger partial charge in [-0.2, -0.15) is 0 Å². The lowest BCUT2D eigenvalue weighted by Crippen LogP contribution is -2.03. The number of benzene rings is 1. The van der Waals surface area contributed by atoms with Crippen LogP contribution < -0.4 is 0 Å².